The summed E-state index contributed by atoms with van der Waals surface area (Å²) >= 11 is 0. The monoisotopic (exact) mass is 378 g/mol. The zero-order chi connectivity index (χ0) is 19.2. The van der Waals surface area contributed by atoms with Crippen LogP contribution >= 0.6 is 0 Å². The highest BCUT2D eigenvalue weighted by Gasteiger charge is 2.11. The van der Waals surface area contributed by atoms with Gasteiger partial charge >= 0.3 is 5.97 Å². The van der Waals surface area contributed by atoms with Crippen molar-refractivity contribution in [1.29, 1.82) is 0 Å². The van der Waals surface area contributed by atoms with Crippen molar-refractivity contribution in [1.82, 2.24) is 0 Å². The molecule has 0 atom stereocenters. The molecule has 0 fully saturated rings. The van der Waals surface area contributed by atoms with Crippen molar-refractivity contribution < 1.29 is 27.5 Å². The van der Waals surface area contributed by atoms with Gasteiger partial charge in [0, 0.05) is 5.69 Å². The number of nitrogens with two attached hydrogens (primary N) is 1. The molecule has 0 saturated heterocycles. The van der Waals surface area contributed by atoms with Gasteiger partial charge in [-0.25, -0.2) is 18.4 Å². The Morgan fingerprint density at radius 2 is 1.69 bits per heavy atom. The van der Waals surface area contributed by atoms with Crippen LogP contribution in [-0.4, -0.2) is 33.5 Å². The Morgan fingerprint density at radius 1 is 1.04 bits per heavy atom. The Balaban J connectivity index is 1.77. The molecule has 0 saturated carbocycles. The number of amides is 1. The quantitative estimate of drug-likeness (QED) is 0.698. The molecule has 0 aromatic heterocycles. The molecule has 0 aliphatic carbocycles. The van der Waals surface area contributed by atoms with E-state index in [0.29, 0.717) is 11.4 Å². The predicted molar refractivity (Wildman–Crippen MR) is 94.1 cm³/mol. The van der Waals surface area contributed by atoms with Crippen LogP contribution in [0, 0.1) is 6.92 Å². The van der Waals surface area contributed by atoms with Gasteiger partial charge in [0.15, 0.2) is 13.2 Å². The van der Waals surface area contributed by atoms with Crippen LogP contribution in [0.15, 0.2) is 53.4 Å². The lowest BCUT2D eigenvalue weighted by atomic mass is 10.2. The fourth-order valence-electron chi connectivity index (χ4n) is 1.97. The number of hydrogen-bond acceptors (Lipinski definition) is 6. The minimum absolute atomic E-state index is 0.0738. The number of sulfonamides is 1. The van der Waals surface area contributed by atoms with E-state index in [0.717, 1.165) is 5.56 Å². The number of anilines is 1. The lowest BCUT2D eigenvalue weighted by Gasteiger charge is -2.09. The summed E-state index contributed by atoms with van der Waals surface area (Å²) in [6.45, 7) is 1.03. The van der Waals surface area contributed by atoms with Gasteiger partial charge in [-0.3, -0.25) is 4.79 Å². The van der Waals surface area contributed by atoms with Crippen LogP contribution < -0.4 is 15.2 Å². The van der Waals surface area contributed by atoms with Gasteiger partial charge in [-0.2, -0.15) is 0 Å². The molecule has 2 aromatic rings. The number of para-hydroxylation sites is 1. The number of benzene rings is 2. The number of ether oxygens (including phenoxy) is 2. The van der Waals surface area contributed by atoms with E-state index in [1.807, 2.05) is 19.1 Å². The van der Waals surface area contributed by atoms with Crippen molar-refractivity contribution >= 4 is 27.6 Å². The third kappa shape index (κ3) is 5.87. The summed E-state index contributed by atoms with van der Waals surface area (Å²) in [4.78, 5) is 23.3. The molecule has 138 valence electrons. The average molecular weight is 378 g/mol. The summed E-state index contributed by atoms with van der Waals surface area (Å²) < 4.78 is 32.4. The zero-order valence-corrected chi connectivity index (χ0v) is 14.8. The van der Waals surface area contributed by atoms with Gasteiger partial charge in [0.25, 0.3) is 5.91 Å². The number of aryl methyl sites for hydroxylation is 1. The summed E-state index contributed by atoms with van der Waals surface area (Å²) in [7, 11) is -3.80. The van der Waals surface area contributed by atoms with Crippen LogP contribution in [0.3, 0.4) is 0 Å². The fraction of sp³-hybridized carbons (Fsp3) is 0.176. The summed E-state index contributed by atoms with van der Waals surface area (Å²) in [5, 5.41) is 7.45. The van der Waals surface area contributed by atoms with Crippen molar-refractivity contribution in [3.05, 3.63) is 54.1 Å². The smallest absolute Gasteiger partial charge is 0.344 e. The maximum atomic E-state index is 11.8. The van der Waals surface area contributed by atoms with Gasteiger partial charge < -0.3 is 14.8 Å². The second-order valence-electron chi connectivity index (χ2n) is 5.33. The highest BCUT2D eigenvalue weighted by atomic mass is 32.2. The number of carbonyl (C=O) groups is 2. The van der Waals surface area contributed by atoms with Gasteiger partial charge in [-0.15, -0.1) is 0 Å². The van der Waals surface area contributed by atoms with E-state index >= 15 is 0 Å². The highest BCUT2D eigenvalue weighted by Crippen LogP contribution is 2.16. The van der Waals surface area contributed by atoms with E-state index in [1.165, 1.54) is 24.3 Å². The van der Waals surface area contributed by atoms with E-state index < -0.39 is 28.5 Å². The molecule has 1 amide bonds. The fourth-order valence-corrected chi connectivity index (χ4v) is 2.48. The SMILES string of the molecule is Cc1ccccc1OCC(=O)OCC(=O)Nc1ccc(S(N)(=O)=O)cc1. The molecule has 0 aliphatic rings. The van der Waals surface area contributed by atoms with E-state index in [4.69, 9.17) is 14.6 Å². The molecule has 9 heteroatoms. The second-order valence-corrected chi connectivity index (χ2v) is 6.89. The summed E-state index contributed by atoms with van der Waals surface area (Å²) in [6.07, 6.45) is 0. The standard InChI is InChI=1S/C17H18N2O6S/c1-12-4-2-3-5-15(12)24-11-17(21)25-10-16(20)19-13-6-8-14(9-7-13)26(18,22)23/h2-9H,10-11H2,1H3,(H,19,20)(H2,18,22,23). The lowest BCUT2D eigenvalue weighted by Crippen LogP contribution is -2.23. The first-order valence-corrected chi connectivity index (χ1v) is 9.07. The molecular formula is C17H18N2O6S. The topological polar surface area (TPSA) is 125 Å². The summed E-state index contributed by atoms with van der Waals surface area (Å²) in [6, 6.07) is 12.5. The van der Waals surface area contributed by atoms with Crippen LogP contribution in [-0.2, 0) is 24.3 Å². The molecule has 0 bridgehead atoms. The molecule has 0 spiro atoms. The van der Waals surface area contributed by atoms with Crippen molar-refractivity contribution in [2.24, 2.45) is 5.14 Å². The molecule has 0 radical (unpaired) electrons. The van der Waals surface area contributed by atoms with Crippen LogP contribution in [0.1, 0.15) is 5.56 Å². The molecule has 0 heterocycles. The largest absolute Gasteiger partial charge is 0.482 e. The highest BCUT2D eigenvalue weighted by molar-refractivity contribution is 7.89. The van der Waals surface area contributed by atoms with Crippen LogP contribution in [0.25, 0.3) is 0 Å². The normalized spacial score (nSPS) is 10.8. The maximum Gasteiger partial charge on any atom is 0.344 e. The first-order valence-electron chi connectivity index (χ1n) is 7.52. The number of hydrogen-bond donors (Lipinski definition) is 2. The van der Waals surface area contributed by atoms with Gasteiger partial charge in [-0.1, -0.05) is 18.2 Å². The van der Waals surface area contributed by atoms with Crippen molar-refractivity contribution in [2.45, 2.75) is 11.8 Å². The Bertz CT molecular complexity index is 894. The minimum atomic E-state index is -3.80. The Morgan fingerprint density at radius 3 is 2.31 bits per heavy atom. The number of primary sulfonamides is 1. The molecule has 2 rings (SSSR count). The third-order valence-electron chi connectivity index (χ3n) is 3.27. The molecule has 26 heavy (non-hydrogen) atoms. The zero-order valence-electron chi connectivity index (χ0n) is 14.0. The Kier molecular flexibility index (Phi) is 6.31. The molecule has 8 nitrogen and oxygen atoms in total. The summed E-state index contributed by atoms with van der Waals surface area (Å²) in [5.41, 5.74) is 1.22. The van der Waals surface area contributed by atoms with Crippen molar-refractivity contribution in [3.8, 4) is 5.75 Å². The lowest BCUT2D eigenvalue weighted by molar-refractivity contribution is -0.149. The molecule has 3 N–H and O–H groups in total. The molecule has 2 aromatic carbocycles. The van der Waals surface area contributed by atoms with Crippen LogP contribution in [0.5, 0.6) is 5.75 Å². The van der Waals surface area contributed by atoms with Crippen LogP contribution in [0.2, 0.25) is 0 Å². The van der Waals surface area contributed by atoms with Gasteiger partial charge in [0.2, 0.25) is 10.0 Å². The maximum absolute atomic E-state index is 11.8. The molecular weight excluding hydrogens is 360 g/mol. The van der Waals surface area contributed by atoms with Gasteiger partial charge in [-0.05, 0) is 42.8 Å². The Hall–Kier alpha value is -2.91. The predicted octanol–water partition coefficient (Wildman–Crippen LogP) is 1.20. The van der Waals surface area contributed by atoms with E-state index in [-0.39, 0.29) is 11.5 Å². The molecule has 0 aliphatic heterocycles. The first kappa shape index (κ1) is 19.4. The minimum Gasteiger partial charge on any atom is -0.482 e. The average Bonchev–Trinajstić information content (AvgIpc) is 2.59. The van der Waals surface area contributed by atoms with E-state index in [2.05, 4.69) is 5.32 Å². The van der Waals surface area contributed by atoms with Crippen molar-refractivity contribution in [3.63, 3.8) is 0 Å². The van der Waals surface area contributed by atoms with E-state index in [1.54, 1.807) is 12.1 Å². The number of nitrogens with one attached hydrogen (secondary N) is 1. The second kappa shape index (κ2) is 8.45. The number of rotatable bonds is 7. The summed E-state index contributed by atoms with van der Waals surface area (Å²) in [5.74, 6) is -0.700. The van der Waals surface area contributed by atoms with Gasteiger partial charge in [0.1, 0.15) is 5.75 Å². The van der Waals surface area contributed by atoms with E-state index in [9.17, 15) is 18.0 Å². The number of esters is 1. The Labute approximate surface area is 151 Å². The third-order valence-corrected chi connectivity index (χ3v) is 4.20. The van der Waals surface area contributed by atoms with Crippen LogP contribution in [0.4, 0.5) is 5.69 Å². The number of carbonyl (C=O) groups excluding carboxylic acids is 2. The molecule has 0 unspecified atom stereocenters. The van der Waals surface area contributed by atoms with Crippen molar-refractivity contribution in [2.75, 3.05) is 18.5 Å². The van der Waals surface area contributed by atoms with Gasteiger partial charge in [0.05, 0.1) is 4.90 Å². The first-order chi connectivity index (χ1) is 12.3.